The molecule has 0 spiro atoms. The zero-order valence-corrected chi connectivity index (χ0v) is 19.9. The maximum absolute atomic E-state index is 12.8. The molecule has 4 fully saturated rings. The Bertz CT molecular complexity index is 861. The maximum atomic E-state index is 12.8. The fourth-order valence-corrected chi connectivity index (χ4v) is 6.47. The lowest BCUT2D eigenvalue weighted by atomic mass is 9.53. The summed E-state index contributed by atoms with van der Waals surface area (Å²) in [4.78, 5) is 38.3. The average Bonchev–Trinajstić information content (AvgIpc) is 2.75. The van der Waals surface area contributed by atoms with E-state index in [1.807, 2.05) is 20.8 Å². The number of nitrogens with one attached hydrogen (secondary N) is 2. The summed E-state index contributed by atoms with van der Waals surface area (Å²) >= 11 is 0. The molecule has 33 heavy (non-hydrogen) atoms. The minimum Gasteiger partial charge on any atom is -0.493 e. The second-order valence-corrected chi connectivity index (χ2v) is 10.5. The molecule has 180 valence electrons. The zero-order chi connectivity index (χ0) is 23.6. The quantitative estimate of drug-likeness (QED) is 0.555. The second-order valence-electron chi connectivity index (χ2n) is 10.5. The molecule has 0 aromatic heterocycles. The highest BCUT2D eigenvalue weighted by Gasteiger charge is 2.51. The van der Waals surface area contributed by atoms with Crippen LogP contribution in [0.15, 0.2) is 24.3 Å². The van der Waals surface area contributed by atoms with Gasteiger partial charge < -0.3 is 20.1 Å². The first-order valence-corrected chi connectivity index (χ1v) is 12.3. The van der Waals surface area contributed by atoms with Crippen molar-refractivity contribution in [3.63, 3.8) is 0 Å². The molecule has 0 heterocycles. The first-order chi connectivity index (χ1) is 15.8. The number of amides is 2. The third kappa shape index (κ3) is 5.33. The summed E-state index contributed by atoms with van der Waals surface area (Å²) in [6, 6.07) is 6.05. The molecule has 4 aliphatic rings. The van der Waals surface area contributed by atoms with Crippen LogP contribution >= 0.6 is 0 Å². The lowest BCUT2D eigenvalue weighted by Crippen LogP contribution is -2.60. The van der Waals surface area contributed by atoms with Gasteiger partial charge in [-0.2, -0.15) is 0 Å². The van der Waals surface area contributed by atoms with Crippen molar-refractivity contribution in [1.82, 2.24) is 10.6 Å². The van der Waals surface area contributed by atoms with Crippen LogP contribution in [0, 0.1) is 23.7 Å². The van der Waals surface area contributed by atoms with Gasteiger partial charge in [-0.3, -0.25) is 9.59 Å². The summed E-state index contributed by atoms with van der Waals surface area (Å²) in [5.74, 6) is 1.16. The van der Waals surface area contributed by atoms with E-state index < -0.39 is 17.9 Å². The van der Waals surface area contributed by atoms with Crippen LogP contribution in [0.3, 0.4) is 0 Å². The minimum atomic E-state index is -0.862. The largest absolute Gasteiger partial charge is 0.493 e. The van der Waals surface area contributed by atoms with Gasteiger partial charge in [0.1, 0.15) is 11.8 Å². The Morgan fingerprint density at radius 1 is 1.03 bits per heavy atom. The Kier molecular flexibility index (Phi) is 6.96. The van der Waals surface area contributed by atoms with Crippen LogP contribution in [-0.4, -0.2) is 42.6 Å². The number of para-hydroxylation sites is 1. The Morgan fingerprint density at radius 2 is 1.64 bits per heavy atom. The molecule has 0 radical (unpaired) electrons. The lowest BCUT2D eigenvalue weighted by molar-refractivity contribution is -0.152. The molecule has 4 saturated carbocycles. The molecule has 7 heteroatoms. The monoisotopic (exact) mass is 456 g/mol. The molecule has 2 N–H and O–H groups in total. The standard InChI is InChI=1S/C26H36N2O5/c1-4-32-21-8-6-5-7-20(21)24(30)27-23(16(2)3)25(31)33-15-22(29)28-26-12-17-9-18(13-26)11-19(10-17)14-26/h5-8,16-19,23H,4,9-15H2,1-3H3,(H,27,30)(H,28,29)/t17?,18?,19?,23-,26?/m0/s1. The van der Waals surface area contributed by atoms with E-state index in [1.165, 1.54) is 19.3 Å². The molecule has 4 aliphatic carbocycles. The molecule has 1 aromatic rings. The topological polar surface area (TPSA) is 93.7 Å². The SMILES string of the molecule is CCOc1ccccc1C(=O)N[C@H](C(=O)OCC(=O)NC12CC3CC(CC(C3)C1)C2)C(C)C. The molecule has 2 amide bonds. The number of rotatable bonds is 9. The van der Waals surface area contributed by atoms with Crippen LogP contribution in [0.2, 0.25) is 0 Å². The fourth-order valence-electron chi connectivity index (χ4n) is 6.47. The van der Waals surface area contributed by atoms with E-state index in [9.17, 15) is 14.4 Å². The predicted molar refractivity (Wildman–Crippen MR) is 124 cm³/mol. The van der Waals surface area contributed by atoms with E-state index in [1.54, 1.807) is 24.3 Å². The van der Waals surface area contributed by atoms with Gasteiger partial charge in [-0.15, -0.1) is 0 Å². The van der Waals surface area contributed by atoms with Gasteiger partial charge in [0.05, 0.1) is 12.2 Å². The zero-order valence-electron chi connectivity index (χ0n) is 19.9. The summed E-state index contributed by atoms with van der Waals surface area (Å²) in [6.07, 6.45) is 7.03. The normalized spacial score (nSPS) is 28.3. The Morgan fingerprint density at radius 3 is 2.21 bits per heavy atom. The van der Waals surface area contributed by atoms with Gasteiger partial charge in [-0.1, -0.05) is 26.0 Å². The Balaban J connectivity index is 1.32. The molecule has 4 bridgehead atoms. The summed E-state index contributed by atoms with van der Waals surface area (Å²) in [5.41, 5.74) is 0.241. The highest BCUT2D eigenvalue weighted by atomic mass is 16.5. The van der Waals surface area contributed by atoms with E-state index in [0.29, 0.717) is 17.9 Å². The van der Waals surface area contributed by atoms with Crippen molar-refractivity contribution >= 4 is 17.8 Å². The van der Waals surface area contributed by atoms with Gasteiger partial charge >= 0.3 is 5.97 Å². The number of esters is 1. The van der Waals surface area contributed by atoms with Gasteiger partial charge in [0.15, 0.2) is 6.61 Å². The maximum Gasteiger partial charge on any atom is 0.329 e. The average molecular weight is 457 g/mol. The van der Waals surface area contributed by atoms with Crippen molar-refractivity contribution < 1.29 is 23.9 Å². The molecule has 0 aliphatic heterocycles. The number of hydrogen-bond donors (Lipinski definition) is 2. The summed E-state index contributed by atoms with van der Waals surface area (Å²) in [5, 5.41) is 5.97. The van der Waals surface area contributed by atoms with E-state index in [2.05, 4.69) is 10.6 Å². The van der Waals surface area contributed by atoms with Crippen LogP contribution in [0.5, 0.6) is 5.75 Å². The molecule has 0 saturated heterocycles. The van der Waals surface area contributed by atoms with Crippen LogP contribution in [0.1, 0.15) is 69.7 Å². The Labute approximate surface area is 196 Å². The molecule has 1 aromatic carbocycles. The van der Waals surface area contributed by atoms with Crippen molar-refractivity contribution in [2.24, 2.45) is 23.7 Å². The fraction of sp³-hybridized carbons (Fsp3) is 0.654. The smallest absolute Gasteiger partial charge is 0.329 e. The van der Waals surface area contributed by atoms with Gasteiger partial charge in [0, 0.05) is 5.54 Å². The number of carbonyl (C=O) groups excluding carboxylic acids is 3. The van der Waals surface area contributed by atoms with E-state index >= 15 is 0 Å². The Hall–Kier alpha value is -2.57. The van der Waals surface area contributed by atoms with Crippen molar-refractivity contribution in [1.29, 1.82) is 0 Å². The van der Waals surface area contributed by atoms with Crippen LogP contribution in [0.4, 0.5) is 0 Å². The van der Waals surface area contributed by atoms with Crippen molar-refractivity contribution in [2.75, 3.05) is 13.2 Å². The van der Waals surface area contributed by atoms with Gasteiger partial charge in [0.2, 0.25) is 0 Å². The van der Waals surface area contributed by atoms with Gasteiger partial charge in [-0.05, 0) is 81.3 Å². The number of hydrogen-bond acceptors (Lipinski definition) is 5. The molecule has 1 atom stereocenters. The summed E-state index contributed by atoms with van der Waals surface area (Å²) < 4.78 is 10.9. The molecular formula is C26H36N2O5. The molecule has 5 rings (SSSR count). The van der Waals surface area contributed by atoms with Crippen molar-refractivity contribution in [2.45, 2.75) is 70.9 Å². The highest BCUT2D eigenvalue weighted by molar-refractivity contribution is 5.99. The molecular weight excluding hydrogens is 420 g/mol. The third-order valence-electron chi connectivity index (χ3n) is 7.43. The van der Waals surface area contributed by atoms with Crippen LogP contribution < -0.4 is 15.4 Å². The van der Waals surface area contributed by atoms with Gasteiger partial charge in [0.25, 0.3) is 11.8 Å². The minimum absolute atomic E-state index is 0.118. The first-order valence-electron chi connectivity index (χ1n) is 12.3. The number of ether oxygens (including phenoxy) is 2. The lowest BCUT2D eigenvalue weighted by Gasteiger charge is -2.56. The van der Waals surface area contributed by atoms with Crippen LogP contribution in [0.25, 0.3) is 0 Å². The second kappa shape index (κ2) is 9.74. The van der Waals surface area contributed by atoms with Gasteiger partial charge in [-0.25, -0.2) is 4.79 Å². The highest BCUT2D eigenvalue weighted by Crippen LogP contribution is 2.55. The third-order valence-corrected chi connectivity index (χ3v) is 7.43. The number of carbonyl (C=O) groups is 3. The predicted octanol–water partition coefficient (Wildman–Crippen LogP) is 3.47. The molecule has 7 nitrogen and oxygen atoms in total. The molecule has 0 unspecified atom stereocenters. The van der Waals surface area contributed by atoms with Crippen LogP contribution in [-0.2, 0) is 14.3 Å². The summed E-state index contributed by atoms with van der Waals surface area (Å²) in [6.45, 7) is 5.61. The van der Waals surface area contributed by atoms with E-state index in [-0.39, 0.29) is 24.0 Å². The first kappa shape index (κ1) is 23.6. The number of benzene rings is 1. The van der Waals surface area contributed by atoms with Crippen molar-refractivity contribution in [3.8, 4) is 5.75 Å². The summed E-state index contributed by atoms with van der Waals surface area (Å²) in [7, 11) is 0. The van der Waals surface area contributed by atoms with E-state index in [4.69, 9.17) is 9.47 Å². The van der Waals surface area contributed by atoms with E-state index in [0.717, 1.165) is 37.0 Å². The van der Waals surface area contributed by atoms with Crippen molar-refractivity contribution in [3.05, 3.63) is 29.8 Å².